The minimum atomic E-state index is -0.987. The van der Waals surface area contributed by atoms with E-state index in [-0.39, 0.29) is 54.5 Å². The number of carbonyl (C=O) groups is 2. The number of halogens is 2. The van der Waals surface area contributed by atoms with E-state index in [9.17, 15) is 18.4 Å². The van der Waals surface area contributed by atoms with Crippen LogP contribution in [0.1, 0.15) is 30.6 Å². The molecule has 0 saturated carbocycles. The van der Waals surface area contributed by atoms with Crippen LogP contribution < -0.4 is 15.4 Å². The van der Waals surface area contributed by atoms with Gasteiger partial charge >= 0.3 is 5.97 Å². The third-order valence-corrected chi connectivity index (χ3v) is 6.05. The van der Waals surface area contributed by atoms with Crippen molar-refractivity contribution in [1.29, 1.82) is 0 Å². The molecule has 4 aromatic rings. The monoisotopic (exact) mass is 522 g/mol. The number of carbonyl (C=O) groups excluding carboxylic acids is 1. The van der Waals surface area contributed by atoms with Crippen LogP contribution in [0.3, 0.4) is 0 Å². The molecule has 0 fully saturated rings. The van der Waals surface area contributed by atoms with Crippen molar-refractivity contribution in [1.82, 2.24) is 5.32 Å². The predicted molar refractivity (Wildman–Crippen MR) is 140 cm³/mol. The molecule has 0 aliphatic heterocycles. The Morgan fingerprint density at radius 1 is 1.00 bits per heavy atom. The van der Waals surface area contributed by atoms with Crippen LogP contribution in [0.25, 0.3) is 22.3 Å². The Balaban J connectivity index is 1.40. The summed E-state index contributed by atoms with van der Waals surface area (Å²) >= 11 is 0. The number of amides is 1. The van der Waals surface area contributed by atoms with Gasteiger partial charge in [0, 0.05) is 35.3 Å². The molecule has 1 aromatic heterocycles. The van der Waals surface area contributed by atoms with Gasteiger partial charge in [0.2, 0.25) is 0 Å². The summed E-state index contributed by atoms with van der Waals surface area (Å²) in [5.41, 5.74) is 1.42. The molecule has 0 aliphatic rings. The summed E-state index contributed by atoms with van der Waals surface area (Å²) < 4.78 is 41.2. The Labute approximate surface area is 218 Å². The lowest BCUT2D eigenvalue weighted by Gasteiger charge is -2.24. The first-order valence-electron chi connectivity index (χ1n) is 12.2. The fraction of sp³-hybridized carbons (Fsp3) is 0.241. The molecule has 1 atom stereocenters. The summed E-state index contributed by atoms with van der Waals surface area (Å²) in [6.07, 6.45) is -0.155. The molecule has 0 bridgehead atoms. The lowest BCUT2D eigenvalue weighted by molar-refractivity contribution is -0.136. The van der Waals surface area contributed by atoms with Gasteiger partial charge in [-0.2, -0.15) is 0 Å². The zero-order valence-corrected chi connectivity index (χ0v) is 21.0. The van der Waals surface area contributed by atoms with E-state index >= 15 is 0 Å². The number of carboxylic acid groups (broad SMARTS) is 1. The second kappa shape index (κ2) is 11.8. The lowest BCUT2D eigenvalue weighted by atomic mass is 10.0. The Kier molecular flexibility index (Phi) is 8.25. The quantitative estimate of drug-likeness (QED) is 0.220. The normalized spacial score (nSPS) is 11.9. The van der Waals surface area contributed by atoms with Crippen LogP contribution in [-0.4, -0.2) is 36.2 Å². The number of hydrogen-bond donors (Lipinski definition) is 3. The van der Waals surface area contributed by atoms with Gasteiger partial charge in [-0.25, -0.2) is 8.78 Å². The van der Waals surface area contributed by atoms with Crippen molar-refractivity contribution in [2.24, 2.45) is 5.92 Å². The summed E-state index contributed by atoms with van der Waals surface area (Å²) in [5.74, 6) is -2.65. The Morgan fingerprint density at radius 2 is 1.68 bits per heavy atom. The fourth-order valence-electron chi connectivity index (χ4n) is 3.88. The topological polar surface area (TPSA) is 101 Å². The molecule has 0 aliphatic carbocycles. The van der Waals surface area contributed by atoms with Crippen molar-refractivity contribution in [3.8, 4) is 17.1 Å². The van der Waals surface area contributed by atoms with Gasteiger partial charge < -0.3 is 24.9 Å². The van der Waals surface area contributed by atoms with Crippen LogP contribution in [0.4, 0.5) is 14.5 Å². The second-order valence-electron chi connectivity index (χ2n) is 9.19. The number of fused-ring (bicyclic) bond motifs is 1. The van der Waals surface area contributed by atoms with Gasteiger partial charge in [0.05, 0.1) is 18.0 Å². The van der Waals surface area contributed by atoms with E-state index in [0.29, 0.717) is 11.1 Å². The number of aliphatic carboxylic acids is 1. The first kappa shape index (κ1) is 26.7. The number of carboxylic acids is 1. The average molecular weight is 523 g/mol. The van der Waals surface area contributed by atoms with E-state index in [1.807, 2.05) is 19.9 Å². The highest BCUT2D eigenvalue weighted by Crippen LogP contribution is 2.34. The second-order valence-corrected chi connectivity index (χ2v) is 9.19. The fourth-order valence-corrected chi connectivity index (χ4v) is 3.88. The van der Waals surface area contributed by atoms with E-state index in [1.165, 1.54) is 0 Å². The third-order valence-electron chi connectivity index (χ3n) is 6.05. The Morgan fingerprint density at radius 3 is 2.32 bits per heavy atom. The molecule has 3 N–H and O–H groups in total. The summed E-state index contributed by atoms with van der Waals surface area (Å²) in [6, 6.07) is 17.5. The minimum absolute atomic E-state index is 0.0430. The first-order chi connectivity index (χ1) is 18.2. The molecule has 1 unspecified atom stereocenters. The van der Waals surface area contributed by atoms with Gasteiger partial charge in [-0.05, 0) is 42.3 Å². The van der Waals surface area contributed by atoms with Gasteiger partial charge in [-0.15, -0.1) is 0 Å². The SMILES string of the molecule is CC(C)C(COc1cc(F)c(-c2cc3ccccc3o2)c(F)c1)Nc1ccc(C(=O)NCCC(=O)O)cc1. The summed E-state index contributed by atoms with van der Waals surface area (Å²) in [5, 5.41) is 15.3. The maximum atomic E-state index is 14.9. The van der Waals surface area contributed by atoms with Crippen molar-refractivity contribution in [3.05, 3.63) is 83.9 Å². The number of hydrogen-bond acceptors (Lipinski definition) is 5. The van der Waals surface area contributed by atoms with Crippen LogP contribution in [-0.2, 0) is 4.79 Å². The van der Waals surface area contributed by atoms with Gasteiger partial charge in [0.1, 0.15) is 35.3 Å². The van der Waals surface area contributed by atoms with Gasteiger partial charge in [-0.3, -0.25) is 9.59 Å². The first-order valence-corrected chi connectivity index (χ1v) is 12.2. The number of rotatable bonds is 11. The number of benzene rings is 3. The summed E-state index contributed by atoms with van der Waals surface area (Å²) in [6.45, 7) is 4.15. The van der Waals surface area contributed by atoms with E-state index in [4.69, 9.17) is 14.3 Å². The van der Waals surface area contributed by atoms with Crippen molar-refractivity contribution in [2.75, 3.05) is 18.5 Å². The minimum Gasteiger partial charge on any atom is -0.491 e. The molecule has 0 saturated heterocycles. The van der Waals surface area contributed by atoms with Crippen LogP contribution in [0.5, 0.6) is 5.75 Å². The van der Waals surface area contributed by atoms with E-state index in [1.54, 1.807) is 48.5 Å². The molecular formula is C29H28F2N2O5. The molecule has 3 aromatic carbocycles. The smallest absolute Gasteiger partial charge is 0.305 e. The molecule has 7 nitrogen and oxygen atoms in total. The highest BCUT2D eigenvalue weighted by atomic mass is 19.1. The molecule has 9 heteroatoms. The van der Waals surface area contributed by atoms with Crippen molar-refractivity contribution in [2.45, 2.75) is 26.3 Å². The van der Waals surface area contributed by atoms with Crippen molar-refractivity contribution >= 4 is 28.5 Å². The lowest BCUT2D eigenvalue weighted by Crippen LogP contribution is -2.32. The highest BCUT2D eigenvalue weighted by molar-refractivity contribution is 5.94. The number of para-hydroxylation sites is 1. The Hall–Kier alpha value is -4.40. The van der Waals surface area contributed by atoms with Crippen molar-refractivity contribution < 1.29 is 32.6 Å². The van der Waals surface area contributed by atoms with Crippen LogP contribution >= 0.6 is 0 Å². The van der Waals surface area contributed by atoms with Gasteiger partial charge in [0.25, 0.3) is 5.91 Å². The molecule has 38 heavy (non-hydrogen) atoms. The van der Waals surface area contributed by atoms with Crippen LogP contribution in [0.2, 0.25) is 0 Å². The third kappa shape index (κ3) is 6.47. The van der Waals surface area contributed by atoms with Crippen molar-refractivity contribution in [3.63, 3.8) is 0 Å². The zero-order chi connectivity index (χ0) is 27.2. The molecule has 4 rings (SSSR count). The number of anilines is 1. The molecule has 0 spiro atoms. The maximum absolute atomic E-state index is 14.9. The van der Waals surface area contributed by atoms with Crippen LogP contribution in [0, 0.1) is 17.6 Å². The standard InChI is InChI=1S/C29H28F2N2O5/c1-17(2)24(33-20-9-7-18(8-10-20)29(36)32-12-11-27(34)35)16-37-21-14-22(30)28(23(31)15-21)26-13-19-5-3-4-6-25(19)38-26/h3-10,13-15,17,24,33H,11-12,16H2,1-2H3,(H,32,36)(H,34,35). The summed E-state index contributed by atoms with van der Waals surface area (Å²) in [4.78, 5) is 22.7. The Bertz CT molecular complexity index is 1380. The molecular weight excluding hydrogens is 494 g/mol. The van der Waals surface area contributed by atoms with Gasteiger partial charge in [0.15, 0.2) is 0 Å². The molecule has 1 heterocycles. The average Bonchev–Trinajstić information content (AvgIpc) is 3.29. The zero-order valence-electron chi connectivity index (χ0n) is 21.0. The predicted octanol–water partition coefficient (Wildman–Crippen LogP) is 6.10. The maximum Gasteiger partial charge on any atom is 0.305 e. The van der Waals surface area contributed by atoms with E-state index in [0.717, 1.165) is 23.2 Å². The highest BCUT2D eigenvalue weighted by Gasteiger charge is 2.20. The van der Waals surface area contributed by atoms with Crippen LogP contribution in [0.15, 0.2) is 71.1 Å². The summed E-state index contributed by atoms with van der Waals surface area (Å²) in [7, 11) is 0. The largest absolute Gasteiger partial charge is 0.491 e. The van der Waals surface area contributed by atoms with E-state index < -0.39 is 17.6 Å². The molecule has 1 amide bonds. The van der Waals surface area contributed by atoms with E-state index in [2.05, 4.69) is 10.6 Å². The molecule has 198 valence electrons. The number of nitrogens with one attached hydrogen (secondary N) is 2. The number of ether oxygens (including phenoxy) is 1. The van der Waals surface area contributed by atoms with Gasteiger partial charge in [-0.1, -0.05) is 32.0 Å². The number of furan rings is 1. The molecule has 0 radical (unpaired) electrons.